The number of H-pyrrole nitrogens is 1. The van der Waals surface area contributed by atoms with Crippen molar-refractivity contribution in [1.29, 1.82) is 0 Å². The van der Waals surface area contributed by atoms with Gasteiger partial charge in [-0.05, 0) is 29.3 Å². The van der Waals surface area contributed by atoms with Gasteiger partial charge in [-0.15, -0.1) is 0 Å². The second-order valence-corrected chi connectivity index (χ2v) is 7.97. The molecule has 0 aliphatic carbocycles. The van der Waals surface area contributed by atoms with E-state index in [9.17, 15) is 18.8 Å². The number of nitrogens with two attached hydrogens (primary N) is 1. The molecule has 0 atom stereocenters. The Kier molecular flexibility index (Phi) is 6.60. The molecule has 9 heteroatoms. The summed E-state index contributed by atoms with van der Waals surface area (Å²) in [6.45, 7) is 0.0458. The van der Waals surface area contributed by atoms with Gasteiger partial charge in [-0.3, -0.25) is 24.0 Å². The summed E-state index contributed by atoms with van der Waals surface area (Å²) in [5, 5.41) is -0.115. The lowest BCUT2D eigenvalue weighted by molar-refractivity contribution is 0.0985. The number of aromatic nitrogens is 2. The number of anilines is 2. The largest absolute Gasteiger partial charge is 0.383 e. The number of nitrogens with zero attached hydrogens (tertiary/aromatic N) is 2. The number of carbonyl (C=O) groups is 1. The summed E-state index contributed by atoms with van der Waals surface area (Å²) in [7, 11) is 0. The van der Waals surface area contributed by atoms with Gasteiger partial charge >= 0.3 is 5.69 Å². The number of carbonyl (C=O) groups excluding carboxylic acids is 1. The molecule has 0 spiro atoms. The highest BCUT2D eigenvalue weighted by Crippen LogP contribution is 2.26. The molecule has 1 amide bonds. The minimum Gasteiger partial charge on any atom is -0.383 e. The van der Waals surface area contributed by atoms with Gasteiger partial charge in [-0.25, -0.2) is 9.18 Å². The summed E-state index contributed by atoms with van der Waals surface area (Å²) in [6, 6.07) is 21.4. The summed E-state index contributed by atoms with van der Waals surface area (Å²) in [4.78, 5) is 42.5. The number of hydrogen-bond donors (Lipinski definition) is 2. The monoisotopic (exact) mass is 478 g/mol. The van der Waals surface area contributed by atoms with Crippen LogP contribution in [0.1, 0.15) is 21.5 Å². The van der Waals surface area contributed by atoms with Crippen molar-refractivity contribution < 1.29 is 9.18 Å². The molecule has 0 aliphatic heterocycles. The molecule has 172 valence electrons. The number of benzene rings is 3. The highest BCUT2D eigenvalue weighted by atomic mass is 35.5. The van der Waals surface area contributed by atoms with Crippen LogP contribution < -0.4 is 21.9 Å². The molecular weight excluding hydrogens is 459 g/mol. The Hall–Kier alpha value is -4.17. The van der Waals surface area contributed by atoms with E-state index in [1.165, 1.54) is 10.6 Å². The van der Waals surface area contributed by atoms with Crippen molar-refractivity contribution >= 4 is 29.0 Å². The molecule has 0 unspecified atom stereocenters. The fraction of sp³-hybridized carbons (Fsp3) is 0.0800. The van der Waals surface area contributed by atoms with E-state index in [2.05, 4.69) is 4.98 Å². The fourth-order valence-electron chi connectivity index (χ4n) is 3.59. The summed E-state index contributed by atoms with van der Waals surface area (Å²) in [5.41, 5.74) is 6.05. The van der Waals surface area contributed by atoms with Gasteiger partial charge in [0.05, 0.1) is 23.7 Å². The van der Waals surface area contributed by atoms with E-state index in [0.717, 1.165) is 22.6 Å². The van der Waals surface area contributed by atoms with Crippen molar-refractivity contribution in [3.05, 3.63) is 127 Å². The zero-order chi connectivity index (χ0) is 24.2. The lowest BCUT2D eigenvalue weighted by atomic mass is 10.1. The predicted molar refractivity (Wildman–Crippen MR) is 130 cm³/mol. The second kappa shape index (κ2) is 9.76. The van der Waals surface area contributed by atoms with E-state index in [0.29, 0.717) is 5.56 Å². The first-order valence-electron chi connectivity index (χ1n) is 10.3. The van der Waals surface area contributed by atoms with Crippen molar-refractivity contribution in [2.24, 2.45) is 0 Å². The minimum atomic E-state index is -0.825. The zero-order valence-electron chi connectivity index (χ0n) is 17.9. The molecule has 1 aromatic heterocycles. The van der Waals surface area contributed by atoms with Crippen molar-refractivity contribution in [2.45, 2.75) is 13.1 Å². The van der Waals surface area contributed by atoms with Gasteiger partial charge in [0.15, 0.2) is 5.69 Å². The fourth-order valence-corrected chi connectivity index (χ4v) is 3.84. The molecule has 0 radical (unpaired) electrons. The topological polar surface area (TPSA) is 101 Å². The smallest absolute Gasteiger partial charge is 0.330 e. The highest BCUT2D eigenvalue weighted by Gasteiger charge is 2.27. The van der Waals surface area contributed by atoms with E-state index >= 15 is 0 Å². The first-order valence-corrected chi connectivity index (χ1v) is 10.7. The SMILES string of the molecule is Nc1c(N(Cc2ccccc2)C(=O)c2ccc(F)cc2Cl)c(=O)[nH]c(=O)n1Cc1ccccc1. The molecule has 4 rings (SSSR count). The lowest BCUT2D eigenvalue weighted by Gasteiger charge is -2.25. The Balaban J connectivity index is 1.87. The average Bonchev–Trinajstić information content (AvgIpc) is 2.82. The molecule has 0 saturated carbocycles. The Morgan fingerprint density at radius 3 is 2.21 bits per heavy atom. The third-order valence-corrected chi connectivity index (χ3v) is 5.57. The van der Waals surface area contributed by atoms with Crippen molar-refractivity contribution in [1.82, 2.24) is 9.55 Å². The summed E-state index contributed by atoms with van der Waals surface area (Å²) < 4.78 is 14.8. The first-order chi connectivity index (χ1) is 16.3. The number of hydrogen-bond acceptors (Lipinski definition) is 4. The van der Waals surface area contributed by atoms with Gasteiger partial charge in [0.25, 0.3) is 11.5 Å². The van der Waals surface area contributed by atoms with E-state index in [1.54, 1.807) is 24.3 Å². The van der Waals surface area contributed by atoms with Crippen molar-refractivity contribution in [2.75, 3.05) is 10.6 Å². The van der Waals surface area contributed by atoms with Gasteiger partial charge < -0.3 is 5.73 Å². The van der Waals surface area contributed by atoms with Gasteiger partial charge in [-0.2, -0.15) is 0 Å². The normalized spacial score (nSPS) is 10.8. The van der Waals surface area contributed by atoms with E-state index in [1.807, 2.05) is 36.4 Å². The number of aromatic amines is 1. The van der Waals surface area contributed by atoms with Gasteiger partial charge in [0, 0.05) is 0 Å². The molecule has 3 aromatic carbocycles. The standard InChI is InChI=1S/C25H20ClFN4O3/c26-20-13-18(27)11-12-19(20)24(33)30(14-16-7-3-1-4-8-16)21-22(28)31(25(34)29-23(21)32)15-17-9-5-2-6-10-17/h1-13H,14-15,28H2,(H,29,32,34). The molecule has 0 saturated heterocycles. The van der Waals surface area contributed by atoms with Crippen LogP contribution in [0.2, 0.25) is 5.02 Å². The molecule has 0 bridgehead atoms. The van der Waals surface area contributed by atoms with Gasteiger partial charge in [0.2, 0.25) is 0 Å². The minimum absolute atomic E-state index is 0.0152. The van der Waals surface area contributed by atoms with Crippen LogP contribution in [0.25, 0.3) is 0 Å². The number of halogens is 2. The third-order valence-electron chi connectivity index (χ3n) is 5.26. The molecule has 4 aromatic rings. The Morgan fingerprint density at radius 2 is 1.59 bits per heavy atom. The summed E-state index contributed by atoms with van der Waals surface area (Å²) in [6.07, 6.45) is 0. The van der Waals surface area contributed by atoms with Crippen LogP contribution in [0.15, 0.2) is 88.5 Å². The van der Waals surface area contributed by atoms with E-state index in [4.69, 9.17) is 17.3 Å². The van der Waals surface area contributed by atoms with Crippen LogP contribution >= 0.6 is 11.6 Å². The first kappa shape index (κ1) is 23.0. The maximum Gasteiger partial charge on any atom is 0.330 e. The zero-order valence-corrected chi connectivity index (χ0v) is 18.6. The second-order valence-electron chi connectivity index (χ2n) is 7.57. The van der Waals surface area contributed by atoms with Crippen molar-refractivity contribution in [3.8, 4) is 0 Å². The van der Waals surface area contributed by atoms with E-state index in [-0.39, 0.29) is 35.2 Å². The van der Waals surface area contributed by atoms with Crippen LogP contribution in [-0.4, -0.2) is 15.5 Å². The molecule has 0 aliphatic rings. The molecular formula is C25H20ClFN4O3. The maximum absolute atomic E-state index is 13.6. The van der Waals surface area contributed by atoms with Crippen molar-refractivity contribution in [3.63, 3.8) is 0 Å². The molecule has 3 N–H and O–H groups in total. The van der Waals surface area contributed by atoms with Crippen LogP contribution in [0.4, 0.5) is 15.9 Å². The molecule has 7 nitrogen and oxygen atoms in total. The Morgan fingerprint density at radius 1 is 0.971 bits per heavy atom. The number of nitrogens with one attached hydrogen (secondary N) is 1. The maximum atomic E-state index is 13.6. The van der Waals surface area contributed by atoms with Crippen LogP contribution in [0.5, 0.6) is 0 Å². The lowest BCUT2D eigenvalue weighted by Crippen LogP contribution is -2.41. The Bertz CT molecular complexity index is 1450. The number of rotatable bonds is 6. The number of nitrogen functional groups attached to an aromatic ring is 1. The van der Waals surface area contributed by atoms with Gasteiger partial charge in [0.1, 0.15) is 11.6 Å². The molecule has 1 heterocycles. The van der Waals surface area contributed by atoms with E-state index < -0.39 is 23.0 Å². The summed E-state index contributed by atoms with van der Waals surface area (Å²) >= 11 is 6.14. The highest BCUT2D eigenvalue weighted by molar-refractivity contribution is 6.34. The van der Waals surface area contributed by atoms with Crippen LogP contribution in [-0.2, 0) is 13.1 Å². The van der Waals surface area contributed by atoms with Gasteiger partial charge in [-0.1, -0.05) is 72.3 Å². The Labute approximate surface area is 198 Å². The molecule has 34 heavy (non-hydrogen) atoms. The predicted octanol–water partition coefficient (Wildman–Crippen LogP) is 3.81. The van der Waals surface area contributed by atoms with Crippen LogP contribution in [0.3, 0.4) is 0 Å². The third kappa shape index (κ3) is 4.77. The number of amides is 1. The average molecular weight is 479 g/mol. The quantitative estimate of drug-likeness (QED) is 0.440. The summed E-state index contributed by atoms with van der Waals surface area (Å²) in [5.74, 6) is -1.46. The van der Waals surface area contributed by atoms with Crippen LogP contribution in [0, 0.1) is 5.82 Å². The molecule has 0 fully saturated rings.